The molecule has 0 unspecified atom stereocenters. The molecule has 29 heavy (non-hydrogen) atoms. The van der Waals surface area contributed by atoms with Crippen LogP contribution in [0.5, 0.6) is 5.75 Å². The minimum absolute atomic E-state index is 0.214. The molecular weight excluding hydrogens is 414 g/mol. The molecule has 3 rings (SSSR count). The molecule has 3 aromatic rings. The zero-order chi connectivity index (χ0) is 21.0. The maximum absolute atomic E-state index is 12.2. The van der Waals surface area contributed by atoms with Crippen LogP contribution in [0, 0.1) is 13.8 Å². The van der Waals surface area contributed by atoms with Crippen molar-refractivity contribution in [2.24, 2.45) is 0 Å². The van der Waals surface area contributed by atoms with Gasteiger partial charge in [0.15, 0.2) is 0 Å². The second-order valence-corrected chi connectivity index (χ2v) is 7.79. The van der Waals surface area contributed by atoms with E-state index < -0.39 is 6.03 Å². The van der Waals surface area contributed by atoms with Crippen molar-refractivity contribution in [2.45, 2.75) is 20.4 Å². The normalized spacial score (nSPS) is 10.6. The molecule has 2 amide bonds. The van der Waals surface area contributed by atoms with Crippen LogP contribution in [0.15, 0.2) is 35.1 Å². The molecule has 0 aliphatic heterocycles. The van der Waals surface area contributed by atoms with Gasteiger partial charge in [0.2, 0.25) is 0 Å². The van der Waals surface area contributed by atoms with E-state index in [4.69, 9.17) is 16.3 Å². The van der Waals surface area contributed by atoms with Gasteiger partial charge in [0, 0.05) is 17.6 Å². The fourth-order valence-corrected chi connectivity index (χ4v) is 3.78. The van der Waals surface area contributed by atoms with Crippen LogP contribution in [-0.4, -0.2) is 34.5 Å². The number of anilines is 1. The second kappa shape index (κ2) is 9.06. The van der Waals surface area contributed by atoms with E-state index in [1.54, 1.807) is 24.3 Å². The molecule has 0 atom stereocenters. The molecule has 2 heterocycles. The van der Waals surface area contributed by atoms with Crippen LogP contribution in [0.2, 0.25) is 5.02 Å². The Morgan fingerprint density at radius 2 is 2.07 bits per heavy atom. The fourth-order valence-electron chi connectivity index (χ4n) is 2.72. The van der Waals surface area contributed by atoms with Crippen molar-refractivity contribution in [1.82, 2.24) is 20.1 Å². The highest BCUT2D eigenvalue weighted by Crippen LogP contribution is 2.28. The number of carbonyl (C=O) groups is 1. The number of nitrogens with one attached hydrogen (secondary N) is 2. The third-order valence-corrected chi connectivity index (χ3v) is 5.35. The van der Waals surface area contributed by atoms with Gasteiger partial charge in [-0.15, -0.1) is 11.3 Å². The SMILES string of the molecule is COc1ccc(Cl)cc1NC(=O)NCCn1nc(-c2sc(C)nc2C)ccc1=O. The summed E-state index contributed by atoms with van der Waals surface area (Å²) in [5, 5.41) is 11.2. The number of benzene rings is 1. The van der Waals surface area contributed by atoms with E-state index >= 15 is 0 Å². The Kier molecular flexibility index (Phi) is 6.50. The number of thiazole rings is 1. The summed E-state index contributed by atoms with van der Waals surface area (Å²) in [7, 11) is 1.50. The third kappa shape index (κ3) is 5.12. The molecule has 8 nitrogen and oxygen atoms in total. The van der Waals surface area contributed by atoms with E-state index in [1.807, 2.05) is 13.8 Å². The molecule has 1 aromatic carbocycles. The van der Waals surface area contributed by atoms with Crippen LogP contribution in [0.4, 0.5) is 10.5 Å². The van der Waals surface area contributed by atoms with Crippen molar-refractivity contribution in [2.75, 3.05) is 19.0 Å². The van der Waals surface area contributed by atoms with Crippen LogP contribution in [0.3, 0.4) is 0 Å². The maximum atomic E-state index is 12.2. The first-order chi connectivity index (χ1) is 13.9. The highest BCUT2D eigenvalue weighted by atomic mass is 35.5. The van der Waals surface area contributed by atoms with Crippen LogP contribution in [-0.2, 0) is 6.54 Å². The largest absolute Gasteiger partial charge is 0.495 e. The maximum Gasteiger partial charge on any atom is 0.319 e. The number of methoxy groups -OCH3 is 1. The Morgan fingerprint density at radius 3 is 2.76 bits per heavy atom. The summed E-state index contributed by atoms with van der Waals surface area (Å²) in [6, 6.07) is 7.63. The number of ether oxygens (including phenoxy) is 1. The summed E-state index contributed by atoms with van der Waals surface area (Å²) < 4.78 is 6.52. The van der Waals surface area contributed by atoms with Crippen LogP contribution >= 0.6 is 22.9 Å². The number of nitrogens with zero attached hydrogens (tertiary/aromatic N) is 3. The van der Waals surface area contributed by atoms with Gasteiger partial charge >= 0.3 is 6.03 Å². The Bertz CT molecular complexity index is 1100. The summed E-state index contributed by atoms with van der Waals surface area (Å²) >= 11 is 7.48. The molecule has 2 aromatic heterocycles. The molecule has 0 aliphatic rings. The highest BCUT2D eigenvalue weighted by Gasteiger charge is 2.11. The van der Waals surface area contributed by atoms with Gasteiger partial charge in [-0.3, -0.25) is 4.79 Å². The molecule has 0 spiro atoms. The van der Waals surface area contributed by atoms with Crippen molar-refractivity contribution in [3.05, 3.63) is 56.4 Å². The molecule has 152 valence electrons. The van der Waals surface area contributed by atoms with E-state index in [9.17, 15) is 9.59 Å². The number of hydrogen-bond donors (Lipinski definition) is 2. The molecule has 2 N–H and O–H groups in total. The van der Waals surface area contributed by atoms with Gasteiger partial charge < -0.3 is 15.4 Å². The average molecular weight is 434 g/mol. The summed E-state index contributed by atoms with van der Waals surface area (Å²) in [5.74, 6) is 0.491. The first kappa shape index (κ1) is 20.8. The molecule has 0 saturated carbocycles. The topological polar surface area (TPSA) is 98.1 Å². The van der Waals surface area contributed by atoms with Crippen molar-refractivity contribution < 1.29 is 9.53 Å². The van der Waals surface area contributed by atoms with Crippen molar-refractivity contribution >= 4 is 34.7 Å². The number of rotatable bonds is 6. The average Bonchev–Trinajstić information content (AvgIpc) is 3.01. The molecule has 0 saturated heterocycles. The first-order valence-corrected chi connectivity index (χ1v) is 9.98. The van der Waals surface area contributed by atoms with Gasteiger partial charge in [0.25, 0.3) is 5.56 Å². The number of amides is 2. The number of urea groups is 1. The molecular formula is C19H20ClN5O3S. The van der Waals surface area contributed by atoms with E-state index in [-0.39, 0.29) is 18.6 Å². The minimum atomic E-state index is -0.441. The summed E-state index contributed by atoms with van der Waals surface area (Å²) in [6.45, 7) is 4.27. The number of aromatic nitrogens is 3. The number of hydrogen-bond acceptors (Lipinski definition) is 6. The Labute approximate surface area is 176 Å². The Morgan fingerprint density at radius 1 is 1.28 bits per heavy atom. The van der Waals surface area contributed by atoms with Gasteiger partial charge in [-0.1, -0.05) is 11.6 Å². The van der Waals surface area contributed by atoms with E-state index in [2.05, 4.69) is 20.7 Å². The summed E-state index contributed by atoms with van der Waals surface area (Å²) in [5.41, 5.74) is 1.76. The number of aryl methyl sites for hydroxylation is 2. The molecule has 0 bridgehead atoms. The lowest BCUT2D eigenvalue weighted by Crippen LogP contribution is -2.34. The monoisotopic (exact) mass is 433 g/mol. The fraction of sp³-hybridized carbons (Fsp3) is 0.263. The van der Waals surface area contributed by atoms with Gasteiger partial charge in [-0.2, -0.15) is 5.10 Å². The van der Waals surface area contributed by atoms with Crippen LogP contribution in [0.1, 0.15) is 10.7 Å². The number of halogens is 1. The molecule has 0 aliphatic carbocycles. The van der Waals surface area contributed by atoms with Crippen LogP contribution in [0.25, 0.3) is 10.6 Å². The lowest BCUT2D eigenvalue weighted by atomic mass is 10.3. The predicted molar refractivity (Wildman–Crippen MR) is 114 cm³/mol. The van der Waals surface area contributed by atoms with E-state index in [0.29, 0.717) is 22.2 Å². The zero-order valence-corrected chi connectivity index (χ0v) is 17.7. The first-order valence-electron chi connectivity index (χ1n) is 8.78. The third-order valence-electron chi connectivity index (χ3n) is 4.02. The summed E-state index contributed by atoms with van der Waals surface area (Å²) in [6.07, 6.45) is 0. The van der Waals surface area contributed by atoms with Crippen molar-refractivity contribution in [3.63, 3.8) is 0 Å². The smallest absolute Gasteiger partial charge is 0.319 e. The molecule has 10 heteroatoms. The zero-order valence-electron chi connectivity index (χ0n) is 16.2. The number of carbonyl (C=O) groups excluding carboxylic acids is 1. The Hall–Kier alpha value is -2.91. The van der Waals surface area contributed by atoms with E-state index in [1.165, 1.54) is 29.2 Å². The van der Waals surface area contributed by atoms with Gasteiger partial charge in [0.05, 0.1) is 34.9 Å². The van der Waals surface area contributed by atoms with Gasteiger partial charge in [-0.25, -0.2) is 14.5 Å². The molecule has 0 fully saturated rings. The van der Waals surface area contributed by atoms with Crippen molar-refractivity contribution in [1.29, 1.82) is 0 Å². The van der Waals surface area contributed by atoms with E-state index in [0.717, 1.165) is 15.6 Å². The predicted octanol–water partition coefficient (Wildman–Crippen LogP) is 3.47. The molecule has 0 radical (unpaired) electrons. The lowest BCUT2D eigenvalue weighted by molar-refractivity contribution is 0.251. The summed E-state index contributed by atoms with van der Waals surface area (Å²) in [4.78, 5) is 29.6. The van der Waals surface area contributed by atoms with Crippen molar-refractivity contribution in [3.8, 4) is 16.3 Å². The highest BCUT2D eigenvalue weighted by molar-refractivity contribution is 7.15. The quantitative estimate of drug-likeness (QED) is 0.620. The Balaban J connectivity index is 1.64. The van der Waals surface area contributed by atoms with Crippen LogP contribution < -0.4 is 20.9 Å². The minimum Gasteiger partial charge on any atom is -0.495 e. The van der Waals surface area contributed by atoms with Gasteiger partial charge in [0.1, 0.15) is 11.4 Å². The van der Waals surface area contributed by atoms with Gasteiger partial charge in [-0.05, 0) is 38.1 Å². The lowest BCUT2D eigenvalue weighted by Gasteiger charge is -2.12. The standard InChI is InChI=1S/C19H20ClN5O3S/c1-11-18(29-12(2)22-11)14-5-7-17(26)25(24-14)9-8-21-19(27)23-15-10-13(20)4-6-16(15)28-3/h4-7,10H,8-9H2,1-3H3,(H2,21,23,27). The second-order valence-electron chi connectivity index (χ2n) is 6.15.